The van der Waals surface area contributed by atoms with Crippen molar-refractivity contribution < 1.29 is 19.1 Å². The minimum Gasteiger partial charge on any atom is -0.444 e. The number of rotatable bonds is 7. The summed E-state index contributed by atoms with van der Waals surface area (Å²) in [6, 6.07) is 13.3. The molecular formula is C24H26Cl2N4O4. The average Bonchev–Trinajstić information content (AvgIpc) is 2.70. The first-order valence-corrected chi connectivity index (χ1v) is 11.1. The lowest BCUT2D eigenvalue weighted by molar-refractivity contribution is -0.129. The second-order valence-electron chi connectivity index (χ2n) is 8.83. The van der Waals surface area contributed by atoms with Crippen LogP contribution < -0.4 is 16.0 Å². The quantitative estimate of drug-likeness (QED) is 0.514. The van der Waals surface area contributed by atoms with E-state index in [-0.39, 0.29) is 6.42 Å². The lowest BCUT2D eigenvalue weighted by atomic mass is 9.91. The minimum absolute atomic E-state index is 0.108. The van der Waals surface area contributed by atoms with Crippen LogP contribution in [0.4, 0.5) is 10.5 Å². The number of nitrogens with zero attached hydrogens (tertiary/aromatic N) is 1. The highest BCUT2D eigenvalue weighted by atomic mass is 35.5. The Morgan fingerprint density at radius 2 is 1.59 bits per heavy atom. The Balaban J connectivity index is 2.21. The number of nitriles is 1. The van der Waals surface area contributed by atoms with E-state index in [1.165, 1.54) is 18.2 Å². The third-order valence-corrected chi connectivity index (χ3v) is 4.91. The molecule has 1 atom stereocenters. The van der Waals surface area contributed by atoms with E-state index in [4.69, 9.17) is 33.2 Å². The molecule has 0 radical (unpaired) electrons. The van der Waals surface area contributed by atoms with Gasteiger partial charge in [0.2, 0.25) is 11.8 Å². The highest BCUT2D eigenvalue weighted by Gasteiger charge is 2.35. The molecule has 3 N–H and O–H groups in total. The maximum absolute atomic E-state index is 13.3. The maximum atomic E-state index is 13.3. The number of carbonyl (C=O) groups is 3. The molecule has 0 spiro atoms. The molecule has 0 saturated carbocycles. The molecular weight excluding hydrogens is 479 g/mol. The standard InChI is InChI=1S/C24H26Cl2N4O4/c1-23(2,3)34-22(33)28-14-20(31)30-24(4,12-15-5-7-16(13-27)8-6-15)21(32)29-19-10-17(25)9-18(26)11-19/h5-11H,12,14H2,1-4H3,(H,28,33)(H,29,32)(H,30,31)/t24-/m1/s1. The maximum Gasteiger partial charge on any atom is 0.408 e. The van der Waals surface area contributed by atoms with Crippen LogP contribution in [0.3, 0.4) is 0 Å². The van der Waals surface area contributed by atoms with Gasteiger partial charge in [-0.05, 0) is 63.6 Å². The van der Waals surface area contributed by atoms with Crippen LogP contribution in [0.25, 0.3) is 0 Å². The van der Waals surface area contributed by atoms with Crippen LogP contribution in [-0.4, -0.2) is 35.6 Å². The zero-order valence-electron chi connectivity index (χ0n) is 19.3. The normalized spacial score (nSPS) is 12.6. The molecule has 0 bridgehead atoms. The fraction of sp³-hybridized carbons (Fsp3) is 0.333. The first-order chi connectivity index (χ1) is 15.8. The Labute approximate surface area is 208 Å². The molecule has 0 aliphatic carbocycles. The number of carbonyl (C=O) groups excluding carboxylic acids is 3. The van der Waals surface area contributed by atoms with Crippen molar-refractivity contribution in [2.75, 3.05) is 11.9 Å². The summed E-state index contributed by atoms with van der Waals surface area (Å²) in [7, 11) is 0. The molecule has 0 unspecified atom stereocenters. The highest BCUT2D eigenvalue weighted by molar-refractivity contribution is 6.35. The number of halogens is 2. The zero-order chi connectivity index (χ0) is 25.5. The van der Waals surface area contributed by atoms with Gasteiger partial charge in [-0.3, -0.25) is 9.59 Å². The van der Waals surface area contributed by atoms with Gasteiger partial charge >= 0.3 is 6.09 Å². The third kappa shape index (κ3) is 8.58. The largest absolute Gasteiger partial charge is 0.444 e. The molecule has 0 saturated heterocycles. The molecule has 180 valence electrons. The summed E-state index contributed by atoms with van der Waals surface area (Å²) in [5.74, 6) is -1.12. The van der Waals surface area contributed by atoms with Crippen LogP contribution in [0.1, 0.15) is 38.8 Å². The Morgan fingerprint density at radius 1 is 1.00 bits per heavy atom. The number of benzene rings is 2. The predicted molar refractivity (Wildman–Crippen MR) is 131 cm³/mol. The van der Waals surface area contributed by atoms with Gasteiger partial charge in [-0.15, -0.1) is 0 Å². The van der Waals surface area contributed by atoms with E-state index in [0.717, 1.165) is 0 Å². The van der Waals surface area contributed by atoms with Crippen molar-refractivity contribution in [2.45, 2.75) is 45.3 Å². The monoisotopic (exact) mass is 504 g/mol. The van der Waals surface area contributed by atoms with Crippen LogP contribution in [0.15, 0.2) is 42.5 Å². The van der Waals surface area contributed by atoms with Crippen molar-refractivity contribution in [1.82, 2.24) is 10.6 Å². The number of hydrogen-bond donors (Lipinski definition) is 3. The molecule has 2 rings (SSSR count). The van der Waals surface area contributed by atoms with Crippen LogP contribution in [0.2, 0.25) is 10.0 Å². The molecule has 0 heterocycles. The Morgan fingerprint density at radius 3 is 2.12 bits per heavy atom. The van der Waals surface area contributed by atoms with Gasteiger partial charge in [0.1, 0.15) is 17.7 Å². The van der Waals surface area contributed by atoms with E-state index in [0.29, 0.717) is 26.9 Å². The van der Waals surface area contributed by atoms with Gasteiger partial charge in [0.25, 0.3) is 0 Å². The van der Waals surface area contributed by atoms with Gasteiger partial charge in [-0.2, -0.15) is 5.26 Å². The van der Waals surface area contributed by atoms with Crippen LogP contribution in [-0.2, 0) is 20.7 Å². The molecule has 3 amide bonds. The Kier molecular flexibility index (Phi) is 8.91. The molecule has 0 aliphatic heterocycles. The van der Waals surface area contributed by atoms with E-state index in [2.05, 4.69) is 16.0 Å². The van der Waals surface area contributed by atoms with Crippen LogP contribution in [0.5, 0.6) is 0 Å². The molecule has 2 aromatic rings. The summed E-state index contributed by atoms with van der Waals surface area (Å²) in [4.78, 5) is 37.8. The lowest BCUT2D eigenvalue weighted by Gasteiger charge is -2.30. The highest BCUT2D eigenvalue weighted by Crippen LogP contribution is 2.24. The number of anilines is 1. The van der Waals surface area contributed by atoms with Gasteiger partial charge in [0.15, 0.2) is 0 Å². The van der Waals surface area contributed by atoms with Crippen molar-refractivity contribution in [2.24, 2.45) is 0 Å². The van der Waals surface area contributed by atoms with Gasteiger partial charge in [0.05, 0.1) is 11.6 Å². The number of hydrogen-bond acceptors (Lipinski definition) is 5. The van der Waals surface area contributed by atoms with Gasteiger partial charge < -0.3 is 20.7 Å². The summed E-state index contributed by atoms with van der Waals surface area (Å²) in [6.07, 6.45) is -0.647. The molecule has 0 aliphatic rings. The van der Waals surface area contributed by atoms with Crippen molar-refractivity contribution in [1.29, 1.82) is 5.26 Å². The van der Waals surface area contributed by atoms with Crippen LogP contribution >= 0.6 is 23.2 Å². The summed E-state index contributed by atoms with van der Waals surface area (Å²) in [5.41, 5.74) is -0.608. The fourth-order valence-electron chi connectivity index (χ4n) is 3.00. The Hall–Kier alpha value is -3.28. The molecule has 0 aromatic heterocycles. The Bertz CT molecular complexity index is 1090. The number of alkyl carbamates (subject to hydrolysis) is 1. The first-order valence-electron chi connectivity index (χ1n) is 10.3. The average molecular weight is 505 g/mol. The van der Waals surface area contributed by atoms with Gasteiger partial charge in [-0.1, -0.05) is 35.3 Å². The van der Waals surface area contributed by atoms with E-state index >= 15 is 0 Å². The van der Waals surface area contributed by atoms with Crippen molar-refractivity contribution >= 4 is 46.8 Å². The lowest BCUT2D eigenvalue weighted by Crippen LogP contribution is -2.58. The minimum atomic E-state index is -1.42. The fourth-order valence-corrected chi connectivity index (χ4v) is 3.53. The molecule has 10 heteroatoms. The smallest absolute Gasteiger partial charge is 0.408 e. The molecule has 34 heavy (non-hydrogen) atoms. The van der Waals surface area contributed by atoms with E-state index in [1.807, 2.05) is 6.07 Å². The third-order valence-electron chi connectivity index (χ3n) is 4.47. The van der Waals surface area contributed by atoms with Crippen molar-refractivity contribution in [3.8, 4) is 6.07 Å². The topological polar surface area (TPSA) is 120 Å². The van der Waals surface area contributed by atoms with E-state index in [1.54, 1.807) is 52.0 Å². The predicted octanol–water partition coefficient (Wildman–Crippen LogP) is 4.45. The first kappa shape index (κ1) is 27.0. The van der Waals surface area contributed by atoms with Gasteiger partial charge in [-0.25, -0.2) is 4.79 Å². The zero-order valence-corrected chi connectivity index (χ0v) is 20.8. The van der Waals surface area contributed by atoms with Crippen molar-refractivity contribution in [3.05, 3.63) is 63.6 Å². The van der Waals surface area contributed by atoms with Crippen LogP contribution in [0, 0.1) is 11.3 Å². The molecule has 8 nitrogen and oxygen atoms in total. The SMILES string of the molecule is CC(C)(C)OC(=O)NCC(=O)N[C@](C)(Cc1ccc(C#N)cc1)C(=O)Nc1cc(Cl)cc(Cl)c1. The van der Waals surface area contributed by atoms with Crippen molar-refractivity contribution in [3.63, 3.8) is 0 Å². The molecule has 0 fully saturated rings. The number of amides is 3. The summed E-state index contributed by atoms with van der Waals surface area (Å²) >= 11 is 12.0. The van der Waals surface area contributed by atoms with E-state index in [9.17, 15) is 14.4 Å². The summed E-state index contributed by atoms with van der Waals surface area (Å²) < 4.78 is 5.12. The van der Waals surface area contributed by atoms with E-state index < -0.39 is 35.6 Å². The number of nitrogens with one attached hydrogen (secondary N) is 3. The second kappa shape index (κ2) is 11.2. The van der Waals surface area contributed by atoms with Gasteiger partial charge in [0, 0.05) is 22.2 Å². The summed E-state index contributed by atoms with van der Waals surface area (Å²) in [6.45, 7) is 6.27. The number of ether oxygens (including phenoxy) is 1. The molecule has 2 aromatic carbocycles. The second-order valence-corrected chi connectivity index (χ2v) is 9.71. The summed E-state index contributed by atoms with van der Waals surface area (Å²) in [5, 5.41) is 17.5.